The molecule has 2 heterocycles. The number of piperidine rings is 1. The summed E-state index contributed by atoms with van der Waals surface area (Å²) in [6, 6.07) is 10.00. The second-order valence-electron chi connectivity index (χ2n) is 5.97. The van der Waals surface area contributed by atoms with Crippen LogP contribution in [0.5, 0.6) is 0 Å². The van der Waals surface area contributed by atoms with Gasteiger partial charge in [0.05, 0.1) is 11.6 Å². The molecular formula is C17H21N5O. The molecule has 6 heteroatoms. The van der Waals surface area contributed by atoms with E-state index in [1.54, 1.807) is 4.57 Å². The third-order valence-electron chi connectivity index (χ3n) is 4.51. The lowest BCUT2D eigenvalue weighted by Gasteiger charge is -2.32. The van der Waals surface area contributed by atoms with Crippen molar-refractivity contribution in [3.63, 3.8) is 0 Å². The molecule has 2 aromatic rings. The van der Waals surface area contributed by atoms with Crippen molar-refractivity contribution in [1.82, 2.24) is 19.7 Å². The summed E-state index contributed by atoms with van der Waals surface area (Å²) in [6.07, 6.45) is 2.12. The van der Waals surface area contributed by atoms with Gasteiger partial charge in [-0.05, 0) is 37.9 Å². The van der Waals surface area contributed by atoms with Gasteiger partial charge < -0.3 is 0 Å². The minimum absolute atomic E-state index is 0.130. The van der Waals surface area contributed by atoms with Crippen LogP contribution in [0, 0.1) is 11.3 Å². The van der Waals surface area contributed by atoms with Crippen LogP contribution < -0.4 is 5.69 Å². The van der Waals surface area contributed by atoms with Crippen LogP contribution in [0.1, 0.15) is 42.6 Å². The molecule has 3 rings (SSSR count). The summed E-state index contributed by atoms with van der Waals surface area (Å²) in [5, 5.41) is 16.0. The van der Waals surface area contributed by atoms with Crippen molar-refractivity contribution in [2.75, 3.05) is 13.1 Å². The average molecular weight is 311 g/mol. The first-order valence-electron chi connectivity index (χ1n) is 8.08. The number of hydrogen-bond acceptors (Lipinski definition) is 4. The van der Waals surface area contributed by atoms with Gasteiger partial charge in [-0.3, -0.25) is 9.47 Å². The number of likely N-dealkylation sites (tertiary alicyclic amines) is 1. The lowest BCUT2D eigenvalue weighted by molar-refractivity contribution is 0.194. The van der Waals surface area contributed by atoms with E-state index in [1.807, 2.05) is 31.2 Å². The lowest BCUT2D eigenvalue weighted by Crippen LogP contribution is -2.35. The van der Waals surface area contributed by atoms with E-state index in [-0.39, 0.29) is 11.6 Å². The summed E-state index contributed by atoms with van der Waals surface area (Å²) >= 11 is 0. The quantitative estimate of drug-likeness (QED) is 0.934. The van der Waals surface area contributed by atoms with Crippen molar-refractivity contribution in [2.45, 2.75) is 38.8 Å². The number of aromatic amines is 1. The highest BCUT2D eigenvalue weighted by Crippen LogP contribution is 2.26. The number of H-pyrrole nitrogens is 1. The van der Waals surface area contributed by atoms with E-state index in [0.717, 1.165) is 49.4 Å². The maximum Gasteiger partial charge on any atom is 0.343 e. The smallest absolute Gasteiger partial charge is 0.298 e. The number of rotatable bonds is 4. The first-order valence-corrected chi connectivity index (χ1v) is 8.08. The van der Waals surface area contributed by atoms with Crippen molar-refractivity contribution < 1.29 is 0 Å². The minimum Gasteiger partial charge on any atom is -0.298 e. The molecule has 1 N–H and O–H groups in total. The first kappa shape index (κ1) is 15.5. The van der Waals surface area contributed by atoms with Crippen molar-refractivity contribution >= 4 is 0 Å². The van der Waals surface area contributed by atoms with Crippen LogP contribution in [0.25, 0.3) is 0 Å². The Kier molecular flexibility index (Phi) is 4.58. The zero-order valence-corrected chi connectivity index (χ0v) is 13.3. The highest BCUT2D eigenvalue weighted by Gasteiger charge is 2.26. The Labute approximate surface area is 135 Å². The normalized spacial score (nSPS) is 18.7. The van der Waals surface area contributed by atoms with Crippen molar-refractivity contribution in [3.05, 3.63) is 51.7 Å². The number of hydrogen-bond donors (Lipinski definition) is 1. The second-order valence-corrected chi connectivity index (χ2v) is 5.97. The van der Waals surface area contributed by atoms with Crippen molar-refractivity contribution in [2.24, 2.45) is 0 Å². The topological polar surface area (TPSA) is 77.7 Å². The highest BCUT2D eigenvalue weighted by molar-refractivity contribution is 5.37. The zero-order chi connectivity index (χ0) is 16.2. The maximum atomic E-state index is 11.8. The standard InChI is InChI=1S/C17H21N5O/c1-2-22-16(19-20-17(22)23)15-8-5-9-21(12-15)11-14-7-4-3-6-13(14)10-18/h3-4,6-7,15H,2,5,8-9,11-12H2,1H3,(H,20,23)/t15-/m1/s1. The molecule has 0 radical (unpaired) electrons. The molecule has 0 unspecified atom stereocenters. The second kappa shape index (κ2) is 6.80. The fourth-order valence-corrected chi connectivity index (χ4v) is 3.37. The van der Waals surface area contributed by atoms with Crippen LogP contribution in [0.3, 0.4) is 0 Å². The van der Waals surface area contributed by atoms with Gasteiger partial charge in [0, 0.05) is 25.6 Å². The molecule has 1 atom stereocenters. The van der Waals surface area contributed by atoms with E-state index in [1.165, 1.54) is 0 Å². The summed E-state index contributed by atoms with van der Waals surface area (Å²) in [6.45, 7) is 5.24. The van der Waals surface area contributed by atoms with Crippen LogP contribution >= 0.6 is 0 Å². The molecule has 0 spiro atoms. The number of nitrogens with zero attached hydrogens (tertiary/aromatic N) is 4. The summed E-state index contributed by atoms with van der Waals surface area (Å²) in [7, 11) is 0. The molecule has 1 saturated heterocycles. The predicted octanol–water partition coefficient (Wildman–Crippen LogP) is 1.84. The maximum absolute atomic E-state index is 11.8. The molecule has 0 saturated carbocycles. The fourth-order valence-electron chi connectivity index (χ4n) is 3.37. The Morgan fingerprint density at radius 1 is 1.43 bits per heavy atom. The fraction of sp³-hybridized carbons (Fsp3) is 0.471. The Bertz CT molecular complexity index is 770. The highest BCUT2D eigenvalue weighted by atomic mass is 16.1. The van der Waals surface area contributed by atoms with Gasteiger partial charge in [-0.15, -0.1) is 0 Å². The third-order valence-corrected chi connectivity index (χ3v) is 4.51. The summed E-state index contributed by atoms with van der Waals surface area (Å²) < 4.78 is 1.72. The molecule has 1 aromatic carbocycles. The molecule has 1 aliphatic heterocycles. The Morgan fingerprint density at radius 3 is 3.04 bits per heavy atom. The summed E-state index contributed by atoms with van der Waals surface area (Å²) in [5.74, 6) is 1.12. The van der Waals surface area contributed by atoms with Gasteiger partial charge in [0.15, 0.2) is 0 Å². The summed E-state index contributed by atoms with van der Waals surface area (Å²) in [5.41, 5.74) is 1.67. The SMILES string of the molecule is CCn1c([C@@H]2CCCN(Cc3ccccc3C#N)C2)n[nH]c1=O. The van der Waals surface area contributed by atoms with Gasteiger partial charge in [-0.1, -0.05) is 18.2 Å². The zero-order valence-electron chi connectivity index (χ0n) is 13.3. The van der Waals surface area contributed by atoms with Gasteiger partial charge in [-0.25, -0.2) is 9.89 Å². The van der Waals surface area contributed by atoms with Gasteiger partial charge in [-0.2, -0.15) is 10.4 Å². The van der Waals surface area contributed by atoms with Gasteiger partial charge in [0.2, 0.25) is 0 Å². The monoisotopic (exact) mass is 311 g/mol. The molecular weight excluding hydrogens is 290 g/mol. The number of nitriles is 1. The van der Waals surface area contributed by atoms with Crippen LogP contribution in [-0.4, -0.2) is 32.8 Å². The van der Waals surface area contributed by atoms with Crippen LogP contribution in [0.4, 0.5) is 0 Å². The van der Waals surface area contributed by atoms with Crippen LogP contribution in [-0.2, 0) is 13.1 Å². The Balaban J connectivity index is 1.76. The van der Waals surface area contributed by atoms with Gasteiger partial charge in [0.1, 0.15) is 5.82 Å². The molecule has 6 nitrogen and oxygen atoms in total. The summed E-state index contributed by atoms with van der Waals surface area (Å²) in [4.78, 5) is 14.1. The average Bonchev–Trinajstić information content (AvgIpc) is 2.96. The molecule has 1 aliphatic rings. The lowest BCUT2D eigenvalue weighted by atomic mass is 9.96. The van der Waals surface area contributed by atoms with Gasteiger partial charge in [0.25, 0.3) is 0 Å². The molecule has 23 heavy (non-hydrogen) atoms. The molecule has 0 aliphatic carbocycles. The van der Waals surface area contributed by atoms with Crippen LogP contribution in [0.15, 0.2) is 29.1 Å². The number of benzene rings is 1. The third kappa shape index (κ3) is 3.20. The molecule has 1 fully saturated rings. The molecule has 0 bridgehead atoms. The number of nitrogens with one attached hydrogen (secondary N) is 1. The van der Waals surface area contributed by atoms with Crippen molar-refractivity contribution in [1.29, 1.82) is 5.26 Å². The van der Waals surface area contributed by atoms with Crippen LogP contribution in [0.2, 0.25) is 0 Å². The van der Waals surface area contributed by atoms with E-state index in [2.05, 4.69) is 21.2 Å². The van der Waals surface area contributed by atoms with E-state index < -0.39 is 0 Å². The number of aromatic nitrogens is 3. The van der Waals surface area contributed by atoms with Gasteiger partial charge >= 0.3 is 5.69 Å². The predicted molar refractivity (Wildman–Crippen MR) is 86.9 cm³/mol. The minimum atomic E-state index is -0.130. The van der Waals surface area contributed by atoms with E-state index in [9.17, 15) is 10.1 Å². The van der Waals surface area contributed by atoms with Crippen molar-refractivity contribution in [3.8, 4) is 6.07 Å². The van der Waals surface area contributed by atoms with E-state index in [4.69, 9.17) is 0 Å². The molecule has 120 valence electrons. The Hall–Kier alpha value is -2.39. The molecule has 1 aromatic heterocycles. The molecule has 0 amide bonds. The van der Waals surface area contributed by atoms with E-state index >= 15 is 0 Å². The largest absolute Gasteiger partial charge is 0.343 e. The Morgan fingerprint density at radius 2 is 2.26 bits per heavy atom. The van der Waals surface area contributed by atoms with E-state index in [0.29, 0.717) is 6.54 Å². The first-order chi connectivity index (χ1) is 11.2.